The van der Waals surface area contributed by atoms with Gasteiger partial charge in [-0.1, -0.05) is 30.3 Å². The van der Waals surface area contributed by atoms with Crippen molar-refractivity contribution in [3.8, 4) is 0 Å². The summed E-state index contributed by atoms with van der Waals surface area (Å²) in [5, 5.41) is 10.0. The molecule has 0 heterocycles. The third kappa shape index (κ3) is 2.10. The Hall–Kier alpha value is -1.81. The summed E-state index contributed by atoms with van der Waals surface area (Å²) in [5.74, 6) is -3.94. The van der Waals surface area contributed by atoms with Gasteiger partial charge in [-0.3, -0.25) is 0 Å². The standard InChI is InChI=1S/C16H13F3O/c17-13-6-5-12(15(18)16(13)19)14(20)8-10-7-9-3-1-2-4-11(9)10/h1-6,10,14,20H,7-8H2. The molecule has 0 saturated heterocycles. The van der Waals surface area contributed by atoms with Crippen LogP contribution in [0.4, 0.5) is 13.2 Å². The Morgan fingerprint density at radius 3 is 2.55 bits per heavy atom. The van der Waals surface area contributed by atoms with Gasteiger partial charge in [-0.2, -0.15) is 0 Å². The molecule has 1 N–H and O–H groups in total. The molecule has 4 heteroatoms. The summed E-state index contributed by atoms with van der Waals surface area (Å²) < 4.78 is 39.6. The van der Waals surface area contributed by atoms with E-state index in [1.54, 1.807) is 0 Å². The fourth-order valence-corrected chi connectivity index (χ4v) is 2.77. The summed E-state index contributed by atoms with van der Waals surface area (Å²) in [6.07, 6.45) is -0.0131. The average Bonchev–Trinajstić information content (AvgIpc) is 2.42. The van der Waals surface area contributed by atoms with Crippen molar-refractivity contribution in [2.75, 3.05) is 0 Å². The molecule has 1 nitrogen and oxygen atoms in total. The van der Waals surface area contributed by atoms with E-state index in [1.807, 2.05) is 24.3 Å². The second kappa shape index (κ2) is 4.94. The van der Waals surface area contributed by atoms with Crippen LogP contribution in [-0.2, 0) is 6.42 Å². The zero-order valence-corrected chi connectivity index (χ0v) is 10.6. The highest BCUT2D eigenvalue weighted by molar-refractivity contribution is 5.40. The van der Waals surface area contributed by atoms with Gasteiger partial charge in [0, 0.05) is 5.56 Å². The van der Waals surface area contributed by atoms with Crippen molar-refractivity contribution in [1.29, 1.82) is 0 Å². The first-order chi connectivity index (χ1) is 9.58. The van der Waals surface area contributed by atoms with Crippen LogP contribution < -0.4 is 0 Å². The van der Waals surface area contributed by atoms with Crippen molar-refractivity contribution in [3.63, 3.8) is 0 Å². The van der Waals surface area contributed by atoms with E-state index in [-0.39, 0.29) is 11.5 Å². The maximum absolute atomic E-state index is 13.6. The van der Waals surface area contributed by atoms with Crippen molar-refractivity contribution in [3.05, 3.63) is 70.5 Å². The number of aliphatic hydroxyl groups excluding tert-OH is 1. The molecule has 1 aliphatic rings. The van der Waals surface area contributed by atoms with E-state index in [0.717, 1.165) is 24.1 Å². The molecular weight excluding hydrogens is 265 g/mol. The van der Waals surface area contributed by atoms with Gasteiger partial charge in [-0.15, -0.1) is 0 Å². The van der Waals surface area contributed by atoms with Gasteiger partial charge in [0.2, 0.25) is 0 Å². The Labute approximate surface area is 114 Å². The van der Waals surface area contributed by atoms with Gasteiger partial charge < -0.3 is 5.11 Å². The lowest BCUT2D eigenvalue weighted by molar-refractivity contribution is 0.148. The molecule has 0 bridgehead atoms. The molecule has 2 aromatic rings. The van der Waals surface area contributed by atoms with Crippen molar-refractivity contribution < 1.29 is 18.3 Å². The smallest absolute Gasteiger partial charge is 0.194 e. The summed E-state index contributed by atoms with van der Waals surface area (Å²) in [5.41, 5.74) is 2.17. The Morgan fingerprint density at radius 1 is 1.05 bits per heavy atom. The SMILES string of the molecule is OC(CC1Cc2ccccc21)c1ccc(F)c(F)c1F. The molecule has 0 spiro atoms. The molecule has 0 fully saturated rings. The van der Waals surface area contributed by atoms with Gasteiger partial charge >= 0.3 is 0 Å². The summed E-state index contributed by atoms with van der Waals surface area (Å²) in [7, 11) is 0. The summed E-state index contributed by atoms with van der Waals surface area (Å²) in [6, 6.07) is 9.78. The highest BCUT2D eigenvalue weighted by Gasteiger charge is 2.29. The third-order valence-corrected chi connectivity index (χ3v) is 3.89. The first-order valence-electron chi connectivity index (χ1n) is 6.47. The highest BCUT2D eigenvalue weighted by Crippen LogP contribution is 2.41. The zero-order chi connectivity index (χ0) is 14.3. The molecule has 3 rings (SSSR count). The van der Waals surface area contributed by atoms with Gasteiger partial charge in [-0.25, -0.2) is 13.2 Å². The number of benzene rings is 2. The van der Waals surface area contributed by atoms with E-state index in [1.165, 1.54) is 5.56 Å². The topological polar surface area (TPSA) is 20.2 Å². The van der Waals surface area contributed by atoms with Crippen LogP contribution in [0, 0.1) is 17.5 Å². The molecule has 2 atom stereocenters. The molecule has 0 aromatic heterocycles. The number of hydrogen-bond acceptors (Lipinski definition) is 1. The molecule has 2 aromatic carbocycles. The van der Waals surface area contributed by atoms with Crippen LogP contribution >= 0.6 is 0 Å². The van der Waals surface area contributed by atoms with E-state index in [9.17, 15) is 18.3 Å². The summed E-state index contributed by atoms with van der Waals surface area (Å²) in [4.78, 5) is 0. The van der Waals surface area contributed by atoms with Gasteiger partial charge in [-0.05, 0) is 36.0 Å². The third-order valence-electron chi connectivity index (χ3n) is 3.89. The second-order valence-electron chi connectivity index (χ2n) is 5.12. The monoisotopic (exact) mass is 278 g/mol. The molecule has 0 radical (unpaired) electrons. The lowest BCUT2D eigenvalue weighted by Gasteiger charge is -2.31. The molecule has 0 amide bonds. The van der Waals surface area contributed by atoms with Crippen LogP contribution in [0.15, 0.2) is 36.4 Å². The number of fused-ring (bicyclic) bond motifs is 1. The van der Waals surface area contributed by atoms with Crippen LogP contribution in [0.1, 0.15) is 35.1 Å². The minimum atomic E-state index is -1.53. The van der Waals surface area contributed by atoms with E-state index < -0.39 is 23.6 Å². The van der Waals surface area contributed by atoms with Crippen LogP contribution in [0.25, 0.3) is 0 Å². The predicted octanol–water partition coefficient (Wildman–Crippen LogP) is 3.87. The van der Waals surface area contributed by atoms with E-state index in [2.05, 4.69) is 0 Å². The van der Waals surface area contributed by atoms with Crippen molar-refractivity contribution in [2.24, 2.45) is 0 Å². The molecule has 2 unspecified atom stereocenters. The minimum Gasteiger partial charge on any atom is -0.388 e. The molecule has 104 valence electrons. The molecule has 1 aliphatic carbocycles. The first-order valence-corrected chi connectivity index (χ1v) is 6.47. The average molecular weight is 278 g/mol. The highest BCUT2D eigenvalue weighted by atomic mass is 19.2. The maximum Gasteiger partial charge on any atom is 0.194 e. The lowest BCUT2D eigenvalue weighted by Crippen LogP contribution is -2.20. The van der Waals surface area contributed by atoms with Crippen LogP contribution in [0.3, 0.4) is 0 Å². The van der Waals surface area contributed by atoms with E-state index in [4.69, 9.17) is 0 Å². The molecule has 0 saturated carbocycles. The number of aliphatic hydroxyl groups is 1. The van der Waals surface area contributed by atoms with Crippen LogP contribution in [0.2, 0.25) is 0 Å². The largest absolute Gasteiger partial charge is 0.388 e. The van der Waals surface area contributed by atoms with Crippen LogP contribution in [0.5, 0.6) is 0 Å². The molecular formula is C16H13F3O. The Bertz CT molecular complexity index is 654. The van der Waals surface area contributed by atoms with Gasteiger partial charge in [0.1, 0.15) is 0 Å². The molecule has 20 heavy (non-hydrogen) atoms. The normalized spacial score (nSPS) is 18.3. The second-order valence-corrected chi connectivity index (χ2v) is 5.12. The number of halogens is 3. The van der Waals surface area contributed by atoms with Crippen LogP contribution in [-0.4, -0.2) is 5.11 Å². The minimum absolute atomic E-state index is 0.133. The summed E-state index contributed by atoms with van der Waals surface area (Å²) in [6.45, 7) is 0. The fourth-order valence-electron chi connectivity index (χ4n) is 2.77. The Kier molecular flexibility index (Phi) is 3.26. The first kappa shape index (κ1) is 13.2. The number of hydrogen-bond donors (Lipinski definition) is 1. The Morgan fingerprint density at radius 2 is 1.80 bits per heavy atom. The van der Waals surface area contributed by atoms with Crippen molar-refractivity contribution in [1.82, 2.24) is 0 Å². The summed E-state index contributed by atoms with van der Waals surface area (Å²) >= 11 is 0. The van der Waals surface area contributed by atoms with E-state index in [0.29, 0.717) is 6.42 Å². The lowest BCUT2D eigenvalue weighted by atomic mass is 9.74. The van der Waals surface area contributed by atoms with E-state index >= 15 is 0 Å². The fraction of sp³-hybridized carbons (Fsp3) is 0.250. The van der Waals surface area contributed by atoms with Gasteiger partial charge in [0.15, 0.2) is 17.5 Å². The van der Waals surface area contributed by atoms with Gasteiger partial charge in [0.25, 0.3) is 0 Å². The quantitative estimate of drug-likeness (QED) is 0.845. The molecule has 0 aliphatic heterocycles. The maximum atomic E-state index is 13.6. The van der Waals surface area contributed by atoms with Gasteiger partial charge in [0.05, 0.1) is 6.10 Å². The van der Waals surface area contributed by atoms with Crippen molar-refractivity contribution >= 4 is 0 Å². The van der Waals surface area contributed by atoms with Crippen molar-refractivity contribution in [2.45, 2.75) is 24.9 Å². The number of rotatable bonds is 3. The Balaban J connectivity index is 1.79. The predicted molar refractivity (Wildman–Crippen MR) is 68.8 cm³/mol. The zero-order valence-electron chi connectivity index (χ0n) is 10.6.